The SMILES string of the molecule is Cc1cccc(NC(=O)C2CCCN(c3cnn(C)c(=O)c3Cl)C2)n1. The normalized spacial score (nSPS) is 17.4. The summed E-state index contributed by atoms with van der Waals surface area (Å²) in [5.74, 6) is 0.280. The first-order valence-electron chi connectivity index (χ1n) is 8.17. The molecule has 1 aliphatic heterocycles. The first kappa shape index (κ1) is 17.4. The van der Waals surface area contributed by atoms with Crippen molar-refractivity contribution in [2.24, 2.45) is 13.0 Å². The summed E-state index contributed by atoms with van der Waals surface area (Å²) in [7, 11) is 1.55. The van der Waals surface area contributed by atoms with Gasteiger partial charge in [-0.3, -0.25) is 9.59 Å². The number of hydrogen-bond donors (Lipinski definition) is 1. The second-order valence-corrected chi connectivity index (χ2v) is 6.59. The predicted octanol–water partition coefficient (Wildman–Crippen LogP) is 1.99. The molecule has 2 aromatic rings. The zero-order chi connectivity index (χ0) is 18.0. The highest BCUT2D eigenvalue weighted by atomic mass is 35.5. The van der Waals surface area contributed by atoms with Crippen LogP contribution in [-0.4, -0.2) is 33.8 Å². The van der Waals surface area contributed by atoms with Gasteiger partial charge in [0.1, 0.15) is 10.8 Å². The van der Waals surface area contributed by atoms with Crippen LogP contribution in [0.25, 0.3) is 0 Å². The molecule has 25 heavy (non-hydrogen) atoms. The molecule has 8 heteroatoms. The highest BCUT2D eigenvalue weighted by Gasteiger charge is 2.28. The Balaban J connectivity index is 1.74. The summed E-state index contributed by atoms with van der Waals surface area (Å²) >= 11 is 6.18. The fourth-order valence-corrected chi connectivity index (χ4v) is 3.26. The number of amides is 1. The van der Waals surface area contributed by atoms with E-state index >= 15 is 0 Å². The zero-order valence-electron chi connectivity index (χ0n) is 14.2. The third-order valence-electron chi connectivity index (χ3n) is 4.33. The molecular formula is C17H20ClN5O2. The molecule has 1 saturated heterocycles. The smallest absolute Gasteiger partial charge is 0.287 e. The van der Waals surface area contributed by atoms with Crippen molar-refractivity contribution in [3.63, 3.8) is 0 Å². The first-order valence-corrected chi connectivity index (χ1v) is 8.55. The van der Waals surface area contributed by atoms with Gasteiger partial charge in [0.2, 0.25) is 5.91 Å². The molecule has 1 atom stereocenters. The molecule has 1 amide bonds. The molecule has 132 valence electrons. The zero-order valence-corrected chi connectivity index (χ0v) is 15.0. The number of carbonyl (C=O) groups excluding carboxylic acids is 1. The van der Waals surface area contributed by atoms with Crippen LogP contribution in [0.15, 0.2) is 29.2 Å². The van der Waals surface area contributed by atoms with Gasteiger partial charge in [0.15, 0.2) is 0 Å². The van der Waals surface area contributed by atoms with Crippen LogP contribution >= 0.6 is 11.6 Å². The number of aromatic nitrogens is 3. The third-order valence-corrected chi connectivity index (χ3v) is 4.69. The van der Waals surface area contributed by atoms with E-state index in [9.17, 15) is 9.59 Å². The lowest BCUT2D eigenvalue weighted by Crippen LogP contribution is -2.41. The summed E-state index contributed by atoms with van der Waals surface area (Å²) < 4.78 is 1.20. The average Bonchev–Trinajstić information content (AvgIpc) is 2.60. The highest BCUT2D eigenvalue weighted by molar-refractivity contribution is 6.33. The molecule has 2 aromatic heterocycles. The molecule has 3 heterocycles. The van der Waals surface area contributed by atoms with Gasteiger partial charge in [-0.05, 0) is 31.9 Å². The van der Waals surface area contributed by atoms with Gasteiger partial charge in [-0.15, -0.1) is 0 Å². The van der Waals surface area contributed by atoms with E-state index in [1.807, 2.05) is 24.0 Å². The molecule has 1 unspecified atom stereocenters. The Kier molecular flexibility index (Phi) is 5.03. The van der Waals surface area contributed by atoms with Gasteiger partial charge in [-0.2, -0.15) is 5.10 Å². The number of nitrogens with one attached hydrogen (secondary N) is 1. The van der Waals surface area contributed by atoms with Gasteiger partial charge in [0, 0.05) is 25.8 Å². The largest absolute Gasteiger partial charge is 0.368 e. The Labute approximate surface area is 150 Å². The van der Waals surface area contributed by atoms with Crippen molar-refractivity contribution < 1.29 is 4.79 Å². The number of aryl methyl sites for hydroxylation is 2. The van der Waals surface area contributed by atoms with E-state index in [1.165, 1.54) is 4.68 Å². The summed E-state index contributed by atoms with van der Waals surface area (Å²) in [6.07, 6.45) is 3.20. The number of hydrogen-bond acceptors (Lipinski definition) is 5. The van der Waals surface area contributed by atoms with E-state index in [2.05, 4.69) is 15.4 Å². The highest BCUT2D eigenvalue weighted by Crippen LogP contribution is 2.27. The van der Waals surface area contributed by atoms with E-state index in [0.29, 0.717) is 18.1 Å². The van der Waals surface area contributed by atoms with Crippen LogP contribution < -0.4 is 15.8 Å². The Hall–Kier alpha value is -2.41. The Morgan fingerprint density at radius 2 is 2.20 bits per heavy atom. The third kappa shape index (κ3) is 3.82. The monoisotopic (exact) mass is 361 g/mol. The number of piperidine rings is 1. The first-order chi connectivity index (χ1) is 12.0. The van der Waals surface area contributed by atoms with Gasteiger partial charge < -0.3 is 10.2 Å². The number of anilines is 2. The number of nitrogens with zero attached hydrogens (tertiary/aromatic N) is 4. The Morgan fingerprint density at radius 3 is 2.96 bits per heavy atom. The standard InChI is InChI=1S/C17H20ClN5O2/c1-11-5-3-7-14(20-11)21-16(24)12-6-4-8-23(10-12)13-9-19-22(2)17(25)15(13)18/h3,5,7,9,12H,4,6,8,10H2,1-2H3,(H,20,21,24). The van der Waals surface area contributed by atoms with Gasteiger partial charge >= 0.3 is 0 Å². The maximum Gasteiger partial charge on any atom is 0.287 e. The van der Waals surface area contributed by atoms with Crippen LogP contribution in [0.5, 0.6) is 0 Å². The van der Waals surface area contributed by atoms with Crippen molar-refractivity contribution >= 4 is 29.0 Å². The van der Waals surface area contributed by atoms with Crippen LogP contribution in [0.1, 0.15) is 18.5 Å². The molecule has 1 fully saturated rings. The minimum atomic E-state index is -0.338. The number of rotatable bonds is 3. The van der Waals surface area contributed by atoms with Crippen LogP contribution in [0.3, 0.4) is 0 Å². The molecule has 1 aliphatic rings. The maximum atomic E-state index is 12.6. The number of carbonyl (C=O) groups is 1. The lowest BCUT2D eigenvalue weighted by molar-refractivity contribution is -0.120. The molecule has 0 aliphatic carbocycles. The number of pyridine rings is 1. The molecular weight excluding hydrogens is 342 g/mol. The van der Waals surface area contributed by atoms with E-state index in [4.69, 9.17) is 11.6 Å². The molecule has 0 spiro atoms. The quantitative estimate of drug-likeness (QED) is 0.904. The molecule has 0 radical (unpaired) electrons. The van der Waals surface area contributed by atoms with Gasteiger partial charge in [0.25, 0.3) is 5.56 Å². The minimum Gasteiger partial charge on any atom is -0.368 e. The predicted molar refractivity (Wildman–Crippen MR) is 97.0 cm³/mol. The Morgan fingerprint density at radius 1 is 1.40 bits per heavy atom. The number of halogens is 1. The van der Waals surface area contributed by atoms with E-state index < -0.39 is 0 Å². The lowest BCUT2D eigenvalue weighted by atomic mass is 9.97. The van der Waals surface area contributed by atoms with Crippen molar-refractivity contribution in [2.75, 3.05) is 23.3 Å². The van der Waals surface area contributed by atoms with Crippen LogP contribution in [-0.2, 0) is 11.8 Å². The maximum absolute atomic E-state index is 12.6. The second-order valence-electron chi connectivity index (χ2n) is 6.21. The minimum absolute atomic E-state index is 0.0734. The summed E-state index contributed by atoms with van der Waals surface area (Å²) in [4.78, 5) is 30.8. The Bertz CT molecular complexity index is 851. The summed E-state index contributed by atoms with van der Waals surface area (Å²) in [6, 6.07) is 5.51. The molecule has 0 bridgehead atoms. The molecule has 7 nitrogen and oxygen atoms in total. The molecule has 0 saturated carbocycles. The average molecular weight is 362 g/mol. The fraction of sp³-hybridized carbons (Fsp3) is 0.412. The van der Waals surface area contributed by atoms with E-state index in [-0.39, 0.29) is 22.4 Å². The van der Waals surface area contributed by atoms with E-state index in [1.54, 1.807) is 19.3 Å². The summed E-state index contributed by atoms with van der Waals surface area (Å²) in [5, 5.41) is 7.04. The van der Waals surface area contributed by atoms with Gasteiger partial charge in [-0.25, -0.2) is 9.67 Å². The summed E-state index contributed by atoms with van der Waals surface area (Å²) in [6.45, 7) is 3.11. The van der Waals surface area contributed by atoms with Gasteiger partial charge in [0.05, 0.1) is 17.8 Å². The lowest BCUT2D eigenvalue weighted by Gasteiger charge is -2.33. The van der Waals surface area contributed by atoms with Crippen LogP contribution in [0.2, 0.25) is 5.02 Å². The fourth-order valence-electron chi connectivity index (χ4n) is 2.97. The van der Waals surface area contributed by atoms with E-state index in [0.717, 1.165) is 25.1 Å². The van der Waals surface area contributed by atoms with Crippen LogP contribution in [0, 0.1) is 12.8 Å². The van der Waals surface area contributed by atoms with Crippen molar-refractivity contribution in [3.05, 3.63) is 45.5 Å². The van der Waals surface area contributed by atoms with Crippen molar-refractivity contribution in [2.45, 2.75) is 19.8 Å². The van der Waals surface area contributed by atoms with Gasteiger partial charge in [-0.1, -0.05) is 17.7 Å². The van der Waals surface area contributed by atoms with Crippen molar-refractivity contribution in [1.82, 2.24) is 14.8 Å². The van der Waals surface area contributed by atoms with Crippen LogP contribution in [0.4, 0.5) is 11.5 Å². The molecule has 1 N–H and O–H groups in total. The molecule has 3 rings (SSSR count). The van der Waals surface area contributed by atoms with Crippen molar-refractivity contribution in [1.29, 1.82) is 0 Å². The second kappa shape index (κ2) is 7.23. The van der Waals surface area contributed by atoms with Crippen molar-refractivity contribution in [3.8, 4) is 0 Å². The molecule has 0 aromatic carbocycles. The topological polar surface area (TPSA) is 80.1 Å². The summed E-state index contributed by atoms with van der Waals surface area (Å²) in [5.41, 5.74) is 1.09.